The molecule has 6 heteroatoms. The second-order valence-electron chi connectivity index (χ2n) is 8.08. The molecular formula is C19H34ClN3O2. The summed E-state index contributed by atoms with van der Waals surface area (Å²) in [6.07, 6.45) is 7.25. The zero-order valence-electron chi connectivity index (χ0n) is 15.8. The van der Waals surface area contributed by atoms with Gasteiger partial charge in [0.15, 0.2) is 0 Å². The van der Waals surface area contributed by atoms with Crippen LogP contribution in [0.3, 0.4) is 0 Å². The van der Waals surface area contributed by atoms with Gasteiger partial charge < -0.3 is 15.1 Å². The Kier molecular flexibility index (Phi) is 7.15. The van der Waals surface area contributed by atoms with Gasteiger partial charge in [0, 0.05) is 38.5 Å². The molecule has 2 aliphatic heterocycles. The number of nitrogens with zero attached hydrogens (tertiary/aromatic N) is 2. The van der Waals surface area contributed by atoms with Gasteiger partial charge in [0.25, 0.3) is 0 Å². The Hall–Kier alpha value is -0.810. The quantitative estimate of drug-likeness (QED) is 0.806. The number of hydrogen-bond donors (Lipinski definition) is 1. The zero-order chi connectivity index (χ0) is 17.2. The van der Waals surface area contributed by atoms with Crippen molar-refractivity contribution < 1.29 is 9.59 Å². The Bertz CT molecular complexity index is 471. The van der Waals surface area contributed by atoms with Crippen LogP contribution >= 0.6 is 12.4 Å². The maximum Gasteiger partial charge on any atom is 0.226 e. The van der Waals surface area contributed by atoms with Gasteiger partial charge in [-0.15, -0.1) is 12.4 Å². The highest BCUT2D eigenvalue weighted by Gasteiger charge is 2.58. The molecule has 0 aromatic carbocycles. The lowest BCUT2D eigenvalue weighted by Crippen LogP contribution is -2.45. The summed E-state index contributed by atoms with van der Waals surface area (Å²) in [6.45, 7) is 6.65. The largest absolute Gasteiger partial charge is 0.346 e. The number of piperidine rings is 2. The van der Waals surface area contributed by atoms with E-state index in [9.17, 15) is 9.59 Å². The maximum absolute atomic E-state index is 12.8. The van der Waals surface area contributed by atoms with Gasteiger partial charge in [-0.2, -0.15) is 0 Å². The summed E-state index contributed by atoms with van der Waals surface area (Å²) in [5.41, 5.74) is 0.315. The summed E-state index contributed by atoms with van der Waals surface area (Å²) >= 11 is 0. The van der Waals surface area contributed by atoms with Crippen molar-refractivity contribution in [1.29, 1.82) is 0 Å². The molecule has 1 aliphatic carbocycles. The lowest BCUT2D eigenvalue weighted by Gasteiger charge is -2.34. The second-order valence-corrected chi connectivity index (χ2v) is 8.08. The van der Waals surface area contributed by atoms with Crippen molar-refractivity contribution in [2.45, 2.75) is 51.9 Å². The number of rotatable bonds is 5. The molecule has 0 bridgehead atoms. The van der Waals surface area contributed by atoms with Gasteiger partial charge in [-0.25, -0.2) is 0 Å². The Morgan fingerprint density at radius 3 is 2.44 bits per heavy atom. The molecule has 0 aromatic heterocycles. The molecule has 1 N–H and O–H groups in total. The van der Waals surface area contributed by atoms with Crippen LogP contribution in [0, 0.1) is 17.3 Å². The summed E-state index contributed by atoms with van der Waals surface area (Å²) in [5.74, 6) is 1.01. The number of unbranched alkanes of at least 4 members (excludes halogenated alkanes) is 1. The van der Waals surface area contributed by atoms with E-state index in [-0.39, 0.29) is 30.2 Å². The van der Waals surface area contributed by atoms with Gasteiger partial charge in [0.05, 0.1) is 0 Å². The van der Waals surface area contributed by atoms with Crippen LogP contribution in [0.15, 0.2) is 0 Å². The maximum atomic E-state index is 12.8. The highest BCUT2D eigenvalue weighted by molar-refractivity contribution is 5.85. The molecule has 3 rings (SSSR count). The molecule has 25 heavy (non-hydrogen) atoms. The molecule has 5 nitrogen and oxygen atoms in total. The topological polar surface area (TPSA) is 52.7 Å². The third kappa shape index (κ3) is 4.48. The van der Waals surface area contributed by atoms with Crippen LogP contribution in [0.4, 0.5) is 0 Å². The molecule has 0 radical (unpaired) electrons. The molecule has 2 amide bonds. The molecule has 3 aliphatic rings. The minimum absolute atomic E-state index is 0. The fourth-order valence-electron chi connectivity index (χ4n) is 4.56. The molecule has 2 saturated heterocycles. The zero-order valence-corrected chi connectivity index (χ0v) is 16.6. The van der Waals surface area contributed by atoms with Crippen molar-refractivity contribution in [3.8, 4) is 0 Å². The van der Waals surface area contributed by atoms with E-state index in [1.165, 1.54) is 0 Å². The van der Waals surface area contributed by atoms with Crippen LogP contribution in [-0.4, -0.2) is 61.4 Å². The number of nitrogens with one attached hydrogen (secondary N) is 1. The lowest BCUT2D eigenvalue weighted by molar-refractivity contribution is -0.141. The van der Waals surface area contributed by atoms with Crippen LogP contribution in [0.2, 0.25) is 0 Å². The Balaban J connectivity index is 0.00000225. The molecular weight excluding hydrogens is 338 g/mol. The standard InChI is InChI=1S/C19H33N3O2.ClH/c1-3-4-11-21(2)17(23)15-5-12-22(13-6-15)18(24)16-14-19(16)7-9-20-10-8-19;/h15-16,20H,3-14H2,1-2H3;1H. The van der Waals surface area contributed by atoms with Crippen molar-refractivity contribution in [3.63, 3.8) is 0 Å². The number of carbonyl (C=O) groups excluding carboxylic acids is 2. The fraction of sp³-hybridized carbons (Fsp3) is 0.895. The van der Waals surface area contributed by atoms with Crippen molar-refractivity contribution in [2.24, 2.45) is 17.3 Å². The van der Waals surface area contributed by atoms with Crippen LogP contribution in [0.5, 0.6) is 0 Å². The van der Waals surface area contributed by atoms with Crippen molar-refractivity contribution >= 4 is 24.2 Å². The first-order valence-electron chi connectivity index (χ1n) is 9.82. The summed E-state index contributed by atoms with van der Waals surface area (Å²) in [7, 11) is 1.92. The van der Waals surface area contributed by atoms with E-state index in [1.807, 2.05) is 16.8 Å². The third-order valence-corrected chi connectivity index (χ3v) is 6.47. The second kappa shape index (κ2) is 8.72. The summed E-state index contributed by atoms with van der Waals surface area (Å²) in [6, 6.07) is 0. The Labute approximate surface area is 158 Å². The number of carbonyl (C=O) groups is 2. The van der Waals surface area contributed by atoms with E-state index in [0.717, 1.165) is 77.7 Å². The molecule has 1 unspecified atom stereocenters. The minimum atomic E-state index is 0. The van der Waals surface area contributed by atoms with E-state index in [0.29, 0.717) is 11.3 Å². The Morgan fingerprint density at radius 2 is 1.84 bits per heavy atom. The van der Waals surface area contributed by atoms with Crippen molar-refractivity contribution in [1.82, 2.24) is 15.1 Å². The molecule has 1 saturated carbocycles. The minimum Gasteiger partial charge on any atom is -0.346 e. The first-order valence-corrected chi connectivity index (χ1v) is 9.82. The number of hydrogen-bond acceptors (Lipinski definition) is 3. The van der Waals surface area contributed by atoms with E-state index < -0.39 is 0 Å². The molecule has 2 heterocycles. The van der Waals surface area contributed by atoms with Gasteiger partial charge in [-0.05, 0) is 57.0 Å². The van der Waals surface area contributed by atoms with Crippen molar-refractivity contribution in [3.05, 3.63) is 0 Å². The summed E-state index contributed by atoms with van der Waals surface area (Å²) in [5, 5.41) is 3.40. The van der Waals surface area contributed by atoms with Gasteiger partial charge in [0.2, 0.25) is 11.8 Å². The average Bonchev–Trinajstić information content (AvgIpc) is 3.31. The monoisotopic (exact) mass is 371 g/mol. The molecule has 3 fully saturated rings. The van der Waals surface area contributed by atoms with Crippen LogP contribution in [0.25, 0.3) is 0 Å². The fourth-order valence-corrected chi connectivity index (χ4v) is 4.56. The summed E-state index contributed by atoms with van der Waals surface area (Å²) < 4.78 is 0. The molecule has 1 atom stereocenters. The van der Waals surface area contributed by atoms with E-state index in [4.69, 9.17) is 0 Å². The smallest absolute Gasteiger partial charge is 0.226 e. The average molecular weight is 372 g/mol. The van der Waals surface area contributed by atoms with Gasteiger partial charge in [-0.3, -0.25) is 9.59 Å². The first kappa shape index (κ1) is 20.5. The molecule has 1 spiro atoms. The Morgan fingerprint density at radius 1 is 1.20 bits per heavy atom. The molecule has 144 valence electrons. The highest BCUT2D eigenvalue weighted by Crippen LogP contribution is 2.59. The van der Waals surface area contributed by atoms with E-state index >= 15 is 0 Å². The third-order valence-electron chi connectivity index (χ3n) is 6.47. The van der Waals surface area contributed by atoms with Gasteiger partial charge in [-0.1, -0.05) is 13.3 Å². The van der Waals surface area contributed by atoms with E-state index in [2.05, 4.69) is 12.2 Å². The van der Waals surface area contributed by atoms with Gasteiger partial charge >= 0.3 is 0 Å². The normalized spacial score (nSPS) is 25.4. The number of halogens is 1. The lowest BCUT2D eigenvalue weighted by atomic mass is 9.90. The first-order chi connectivity index (χ1) is 11.6. The predicted octanol–water partition coefficient (Wildman–Crippen LogP) is 2.30. The summed E-state index contributed by atoms with van der Waals surface area (Å²) in [4.78, 5) is 29.2. The van der Waals surface area contributed by atoms with Crippen LogP contribution in [-0.2, 0) is 9.59 Å². The van der Waals surface area contributed by atoms with Crippen LogP contribution < -0.4 is 5.32 Å². The highest BCUT2D eigenvalue weighted by atomic mass is 35.5. The number of likely N-dealkylation sites (tertiary alicyclic amines) is 1. The van der Waals surface area contributed by atoms with Crippen molar-refractivity contribution in [2.75, 3.05) is 39.8 Å². The van der Waals surface area contributed by atoms with Gasteiger partial charge in [0.1, 0.15) is 0 Å². The molecule has 0 aromatic rings. The SMILES string of the molecule is CCCCN(C)C(=O)C1CCN(C(=O)C2CC23CCNCC3)CC1.Cl. The van der Waals surface area contributed by atoms with Crippen LogP contribution in [0.1, 0.15) is 51.9 Å². The number of amides is 2. The predicted molar refractivity (Wildman–Crippen MR) is 102 cm³/mol. The van der Waals surface area contributed by atoms with E-state index in [1.54, 1.807) is 0 Å².